The van der Waals surface area contributed by atoms with Crippen LogP contribution in [0.5, 0.6) is 0 Å². The summed E-state index contributed by atoms with van der Waals surface area (Å²) in [5, 5.41) is 10.1. The summed E-state index contributed by atoms with van der Waals surface area (Å²) in [5.74, 6) is 0. The van der Waals surface area contributed by atoms with Crippen molar-refractivity contribution in [3.8, 4) is 44.5 Å². The molecule has 1 heteroatoms. The molecule has 11 aromatic carbocycles. The van der Waals surface area contributed by atoms with Crippen LogP contribution in [0.2, 0.25) is 0 Å². The van der Waals surface area contributed by atoms with Gasteiger partial charge in [-0.2, -0.15) is 0 Å². The van der Waals surface area contributed by atoms with E-state index in [2.05, 4.69) is 245 Å². The molecule has 0 radical (unpaired) electrons. The molecule has 0 fully saturated rings. The quantitative estimate of drug-likeness (QED) is 0.156. The van der Waals surface area contributed by atoms with E-state index in [-0.39, 0.29) is 10.8 Å². The molecule has 0 N–H and O–H groups in total. The van der Waals surface area contributed by atoms with E-state index in [0.29, 0.717) is 0 Å². The summed E-state index contributed by atoms with van der Waals surface area (Å²) in [7, 11) is 0. The summed E-state index contributed by atoms with van der Waals surface area (Å²) in [6, 6.07) is 79.8. The minimum Gasteiger partial charge on any atom is -0.309 e. The number of hydrogen-bond acceptors (Lipinski definition) is 1. The molecule has 0 spiro atoms. The lowest BCUT2D eigenvalue weighted by Crippen LogP contribution is -2.18. The summed E-state index contributed by atoms with van der Waals surface area (Å²) in [4.78, 5) is 2.60. The van der Waals surface area contributed by atoms with Gasteiger partial charge in [-0.05, 0) is 118 Å². The number of hydrogen-bond donors (Lipinski definition) is 0. The fourth-order valence-electron chi connectivity index (χ4n) is 11.9. The van der Waals surface area contributed by atoms with Crippen LogP contribution in [0.3, 0.4) is 0 Å². The second-order valence-corrected chi connectivity index (χ2v) is 19.2. The summed E-state index contributed by atoms with van der Waals surface area (Å²) in [6.07, 6.45) is 0. The van der Waals surface area contributed by atoms with Gasteiger partial charge in [-0.15, -0.1) is 0 Å². The Morgan fingerprint density at radius 3 is 1.55 bits per heavy atom. The molecule has 0 unspecified atom stereocenters. The number of fused-ring (bicyclic) bond motifs is 13. The second-order valence-electron chi connectivity index (χ2n) is 19.2. The molecule has 0 saturated heterocycles. The van der Waals surface area contributed by atoms with Crippen molar-refractivity contribution in [2.45, 2.75) is 38.5 Å². The molecule has 2 aliphatic carbocycles. The smallest absolute Gasteiger partial charge is 0.0546 e. The van der Waals surface area contributed by atoms with Crippen LogP contribution in [-0.4, -0.2) is 0 Å². The average molecular weight is 830 g/mol. The standard InChI is InChI=1S/C64H47N/c1-63(2)55-28-14-12-25-53(55)62-56(63)29-16-30-58(62)65(43-35-36-50-49-23-11-13-27-54(49)64(3,4)57(50)39-43)59-38-37-52-48-22-8-7-20-46(48)47-21-9-10-24-51(47)61(52)60(59)42-33-31-41(32-34-42)45-26-15-18-40-17-5-6-19-44(40)45/h5-39H,1-4H3. The molecule has 0 aliphatic heterocycles. The molecule has 0 bridgehead atoms. The van der Waals surface area contributed by atoms with Gasteiger partial charge in [0.05, 0.1) is 11.4 Å². The topological polar surface area (TPSA) is 3.24 Å². The highest BCUT2D eigenvalue weighted by Gasteiger charge is 2.40. The first-order valence-corrected chi connectivity index (χ1v) is 23.0. The summed E-state index contributed by atoms with van der Waals surface area (Å²) in [5.41, 5.74) is 18.7. The molecule has 0 atom stereocenters. The maximum atomic E-state index is 2.60. The first-order chi connectivity index (χ1) is 31.8. The van der Waals surface area contributed by atoms with E-state index < -0.39 is 0 Å². The monoisotopic (exact) mass is 829 g/mol. The Morgan fingerprint density at radius 2 is 0.800 bits per heavy atom. The molecule has 0 heterocycles. The SMILES string of the molecule is CC1(C)c2ccccc2-c2ccc(N(c3cccc4c3-c3ccccc3C4(C)C)c3ccc4c5ccccc5c5ccccc5c4c3-c3ccc(-c4cccc5ccccc45)cc3)cc21. The molecule has 1 nitrogen and oxygen atoms in total. The normalized spacial score (nSPS) is 14.1. The third kappa shape index (κ3) is 5.39. The van der Waals surface area contributed by atoms with Crippen molar-refractivity contribution >= 4 is 60.2 Å². The van der Waals surface area contributed by atoms with Gasteiger partial charge in [0.15, 0.2) is 0 Å². The molecule has 308 valence electrons. The van der Waals surface area contributed by atoms with E-state index in [0.717, 1.165) is 11.4 Å². The Balaban J connectivity index is 1.15. The third-order valence-corrected chi connectivity index (χ3v) is 15.1. The summed E-state index contributed by atoms with van der Waals surface area (Å²) >= 11 is 0. The van der Waals surface area contributed by atoms with Crippen LogP contribution in [0.1, 0.15) is 49.9 Å². The van der Waals surface area contributed by atoms with Crippen LogP contribution in [0.25, 0.3) is 87.6 Å². The number of anilines is 3. The predicted molar refractivity (Wildman–Crippen MR) is 277 cm³/mol. The molecular formula is C64H47N. The van der Waals surface area contributed by atoms with Crippen molar-refractivity contribution in [1.82, 2.24) is 0 Å². The first kappa shape index (κ1) is 37.8. The van der Waals surface area contributed by atoms with Gasteiger partial charge in [-0.1, -0.05) is 216 Å². The van der Waals surface area contributed by atoms with Crippen molar-refractivity contribution in [2.24, 2.45) is 0 Å². The van der Waals surface area contributed by atoms with Gasteiger partial charge in [0.25, 0.3) is 0 Å². The lowest BCUT2D eigenvalue weighted by atomic mass is 9.82. The van der Waals surface area contributed by atoms with E-state index in [9.17, 15) is 0 Å². The minimum atomic E-state index is -0.167. The molecule has 65 heavy (non-hydrogen) atoms. The Morgan fingerprint density at radius 1 is 0.308 bits per heavy atom. The highest BCUT2D eigenvalue weighted by molar-refractivity contribution is 6.30. The van der Waals surface area contributed by atoms with Gasteiger partial charge >= 0.3 is 0 Å². The maximum absolute atomic E-state index is 2.60. The lowest BCUT2D eigenvalue weighted by molar-refractivity contribution is 0.660. The first-order valence-electron chi connectivity index (χ1n) is 23.0. The van der Waals surface area contributed by atoms with E-state index in [1.165, 1.54) is 116 Å². The fourth-order valence-corrected chi connectivity index (χ4v) is 11.9. The number of benzene rings is 11. The Hall–Kier alpha value is -7.74. The van der Waals surface area contributed by atoms with Gasteiger partial charge in [-0.25, -0.2) is 0 Å². The lowest BCUT2D eigenvalue weighted by Gasteiger charge is -2.32. The van der Waals surface area contributed by atoms with Crippen molar-refractivity contribution < 1.29 is 0 Å². The highest BCUT2D eigenvalue weighted by atomic mass is 15.1. The molecule has 2 aliphatic rings. The average Bonchev–Trinajstić information content (AvgIpc) is 3.73. The van der Waals surface area contributed by atoms with Crippen LogP contribution in [0.15, 0.2) is 212 Å². The van der Waals surface area contributed by atoms with Gasteiger partial charge in [0.1, 0.15) is 0 Å². The van der Waals surface area contributed by atoms with Crippen LogP contribution < -0.4 is 4.90 Å². The largest absolute Gasteiger partial charge is 0.309 e. The van der Waals surface area contributed by atoms with Crippen LogP contribution in [0, 0.1) is 0 Å². The van der Waals surface area contributed by atoms with Crippen LogP contribution in [-0.2, 0) is 10.8 Å². The van der Waals surface area contributed by atoms with Gasteiger partial charge < -0.3 is 4.90 Å². The predicted octanol–water partition coefficient (Wildman–Crippen LogP) is 17.7. The second kappa shape index (κ2) is 13.9. The molecule has 0 aromatic heterocycles. The number of nitrogens with zero attached hydrogens (tertiary/aromatic N) is 1. The van der Waals surface area contributed by atoms with Crippen molar-refractivity contribution in [1.29, 1.82) is 0 Å². The van der Waals surface area contributed by atoms with Gasteiger partial charge in [-0.3, -0.25) is 0 Å². The Kier molecular flexibility index (Phi) is 8.07. The summed E-state index contributed by atoms with van der Waals surface area (Å²) in [6.45, 7) is 9.55. The van der Waals surface area contributed by atoms with E-state index in [1.54, 1.807) is 0 Å². The summed E-state index contributed by atoms with van der Waals surface area (Å²) < 4.78 is 0. The van der Waals surface area contributed by atoms with E-state index in [4.69, 9.17) is 0 Å². The Labute approximate surface area is 380 Å². The highest BCUT2D eigenvalue weighted by Crippen LogP contribution is 2.57. The number of rotatable bonds is 5. The van der Waals surface area contributed by atoms with Crippen molar-refractivity contribution in [3.63, 3.8) is 0 Å². The van der Waals surface area contributed by atoms with Crippen molar-refractivity contribution in [3.05, 3.63) is 235 Å². The zero-order chi connectivity index (χ0) is 43.6. The molecule has 0 saturated carbocycles. The van der Waals surface area contributed by atoms with E-state index in [1.807, 2.05) is 0 Å². The Bertz CT molecular complexity index is 3730. The zero-order valence-corrected chi connectivity index (χ0v) is 37.2. The molecule has 13 rings (SSSR count). The van der Waals surface area contributed by atoms with Gasteiger partial charge in [0, 0.05) is 33.0 Å². The zero-order valence-electron chi connectivity index (χ0n) is 37.2. The molecular weight excluding hydrogens is 783 g/mol. The molecule has 0 amide bonds. The van der Waals surface area contributed by atoms with Crippen molar-refractivity contribution in [2.75, 3.05) is 4.90 Å². The minimum absolute atomic E-state index is 0.159. The van der Waals surface area contributed by atoms with Crippen LogP contribution >= 0.6 is 0 Å². The van der Waals surface area contributed by atoms with Gasteiger partial charge in [0.2, 0.25) is 0 Å². The third-order valence-electron chi connectivity index (χ3n) is 15.1. The maximum Gasteiger partial charge on any atom is 0.0546 e. The van der Waals surface area contributed by atoms with E-state index >= 15 is 0 Å². The van der Waals surface area contributed by atoms with Crippen LogP contribution in [0.4, 0.5) is 17.1 Å². The fraction of sp³-hybridized carbons (Fsp3) is 0.0938. The molecule has 11 aromatic rings.